The van der Waals surface area contributed by atoms with Crippen LogP contribution in [-0.2, 0) is 0 Å². The Labute approximate surface area is 170 Å². The van der Waals surface area contributed by atoms with Crippen molar-refractivity contribution in [2.24, 2.45) is 0 Å². The van der Waals surface area contributed by atoms with E-state index in [4.69, 9.17) is 16.9 Å². The first kappa shape index (κ1) is 19.8. The van der Waals surface area contributed by atoms with Gasteiger partial charge in [-0.1, -0.05) is 50.2 Å². The van der Waals surface area contributed by atoms with E-state index in [1.165, 1.54) is 6.21 Å². The van der Waals surface area contributed by atoms with Crippen molar-refractivity contribution in [1.29, 1.82) is 5.41 Å². The second-order valence-corrected chi connectivity index (χ2v) is 6.16. The van der Waals surface area contributed by atoms with E-state index in [9.17, 15) is 0 Å². The second kappa shape index (κ2) is 8.84. The van der Waals surface area contributed by atoms with Gasteiger partial charge in [-0.25, -0.2) is 4.98 Å². The predicted octanol–water partition coefficient (Wildman–Crippen LogP) is 5.23. The van der Waals surface area contributed by atoms with Gasteiger partial charge in [0, 0.05) is 34.9 Å². The summed E-state index contributed by atoms with van der Waals surface area (Å²) in [5.74, 6) is 0.769. The maximum absolute atomic E-state index is 7.71. The maximum Gasteiger partial charge on any atom is 0.221 e. The Bertz CT molecular complexity index is 1150. The van der Waals surface area contributed by atoms with Crippen LogP contribution in [0.2, 0.25) is 0 Å². The number of nitrogens with zero attached hydrogens (tertiary/aromatic N) is 2. The van der Waals surface area contributed by atoms with Crippen molar-refractivity contribution in [3.8, 4) is 11.1 Å². The molecular weight excluding hydrogens is 360 g/mol. The molecule has 0 amide bonds. The first-order valence-corrected chi connectivity index (χ1v) is 9.43. The fourth-order valence-corrected chi connectivity index (χ4v) is 3.05. The van der Waals surface area contributed by atoms with Crippen molar-refractivity contribution in [2.45, 2.75) is 13.8 Å². The number of benzene rings is 3. The lowest BCUT2D eigenvalue weighted by Gasteiger charge is -2.14. The third kappa shape index (κ3) is 4.32. The number of nitrogen functional groups attached to an aromatic ring is 2. The average Bonchev–Trinajstić information content (AvgIpc) is 2.76. The Balaban J connectivity index is 0.00000117. The van der Waals surface area contributed by atoms with Crippen molar-refractivity contribution in [2.75, 3.05) is 16.8 Å². The molecular formula is C23H24N6. The van der Waals surface area contributed by atoms with E-state index in [0.717, 1.165) is 27.6 Å². The summed E-state index contributed by atoms with van der Waals surface area (Å²) < 4.78 is 0. The van der Waals surface area contributed by atoms with E-state index in [1.807, 2.05) is 44.2 Å². The molecule has 0 atom stereocenters. The van der Waals surface area contributed by atoms with Gasteiger partial charge in [0.1, 0.15) is 5.82 Å². The summed E-state index contributed by atoms with van der Waals surface area (Å²) in [7, 11) is 0. The molecule has 0 unspecified atom stereocenters. The highest BCUT2D eigenvalue weighted by atomic mass is 15.1. The molecule has 1 aromatic heterocycles. The number of nitrogens with one attached hydrogen (secondary N) is 2. The van der Waals surface area contributed by atoms with Gasteiger partial charge in [0.15, 0.2) is 0 Å². The highest BCUT2D eigenvalue weighted by molar-refractivity contribution is 5.97. The van der Waals surface area contributed by atoms with E-state index >= 15 is 0 Å². The number of anilines is 4. The molecule has 0 aliphatic heterocycles. The molecule has 146 valence electrons. The van der Waals surface area contributed by atoms with Crippen molar-refractivity contribution < 1.29 is 0 Å². The molecule has 0 spiro atoms. The smallest absolute Gasteiger partial charge is 0.221 e. The second-order valence-electron chi connectivity index (χ2n) is 6.16. The Morgan fingerprint density at radius 2 is 1.69 bits per heavy atom. The summed E-state index contributed by atoms with van der Waals surface area (Å²) in [5, 5.41) is 13.2. The monoisotopic (exact) mass is 384 g/mol. The zero-order valence-electron chi connectivity index (χ0n) is 16.5. The van der Waals surface area contributed by atoms with Gasteiger partial charge in [0.2, 0.25) is 5.95 Å². The molecule has 0 radical (unpaired) electrons. The fraction of sp³-hybridized carbons (Fsp3) is 0.0870. The van der Waals surface area contributed by atoms with Gasteiger partial charge in [0.05, 0.1) is 0 Å². The fourth-order valence-electron chi connectivity index (χ4n) is 3.05. The highest BCUT2D eigenvalue weighted by Crippen LogP contribution is 2.34. The van der Waals surface area contributed by atoms with Crippen LogP contribution in [0, 0.1) is 5.41 Å². The lowest BCUT2D eigenvalue weighted by molar-refractivity contribution is 1.18. The van der Waals surface area contributed by atoms with Crippen LogP contribution in [0.1, 0.15) is 19.4 Å². The minimum atomic E-state index is 0.192. The first-order valence-electron chi connectivity index (χ1n) is 9.43. The quantitative estimate of drug-likeness (QED) is 0.284. The summed E-state index contributed by atoms with van der Waals surface area (Å²) >= 11 is 0. The van der Waals surface area contributed by atoms with E-state index in [1.54, 1.807) is 12.3 Å². The van der Waals surface area contributed by atoms with Crippen LogP contribution in [0.5, 0.6) is 0 Å². The van der Waals surface area contributed by atoms with Crippen molar-refractivity contribution in [3.05, 3.63) is 72.4 Å². The molecule has 6 heteroatoms. The number of rotatable bonds is 4. The van der Waals surface area contributed by atoms with Gasteiger partial charge in [-0.15, -0.1) is 0 Å². The first-order chi connectivity index (χ1) is 14.1. The normalized spacial score (nSPS) is 10.1. The number of aromatic nitrogens is 2. The zero-order valence-corrected chi connectivity index (χ0v) is 16.5. The van der Waals surface area contributed by atoms with Crippen LogP contribution in [0.3, 0.4) is 0 Å². The van der Waals surface area contributed by atoms with Crippen LogP contribution < -0.4 is 16.8 Å². The van der Waals surface area contributed by atoms with Gasteiger partial charge in [-0.2, -0.15) is 4.98 Å². The predicted molar refractivity (Wildman–Crippen MR) is 123 cm³/mol. The van der Waals surface area contributed by atoms with Crippen LogP contribution in [-0.4, -0.2) is 16.2 Å². The third-order valence-corrected chi connectivity index (χ3v) is 4.37. The molecule has 3 aromatic carbocycles. The van der Waals surface area contributed by atoms with Gasteiger partial charge in [-0.3, -0.25) is 0 Å². The molecule has 0 saturated carbocycles. The Morgan fingerprint density at radius 1 is 0.931 bits per heavy atom. The zero-order chi connectivity index (χ0) is 20.8. The lowest BCUT2D eigenvalue weighted by atomic mass is 9.97. The SMILES string of the molecule is CC.N=Cc1cc(Nc2ccnc(N)n2)cc(-c2ccc3ccccc3c2)c1N. The minimum Gasteiger partial charge on any atom is -0.398 e. The van der Waals surface area contributed by atoms with Gasteiger partial charge in [0.25, 0.3) is 0 Å². The van der Waals surface area contributed by atoms with Gasteiger partial charge >= 0.3 is 0 Å². The molecule has 0 saturated heterocycles. The van der Waals surface area contributed by atoms with Gasteiger partial charge < -0.3 is 22.2 Å². The van der Waals surface area contributed by atoms with E-state index in [2.05, 4.69) is 39.6 Å². The molecule has 0 bridgehead atoms. The summed E-state index contributed by atoms with van der Waals surface area (Å²) in [6.07, 6.45) is 2.84. The van der Waals surface area contributed by atoms with E-state index in [0.29, 0.717) is 17.1 Å². The van der Waals surface area contributed by atoms with E-state index < -0.39 is 0 Å². The Morgan fingerprint density at radius 3 is 2.41 bits per heavy atom. The summed E-state index contributed by atoms with van der Waals surface area (Å²) in [5.41, 5.74) is 15.8. The standard InChI is InChI=1S/C21H18N6.C2H6/c22-12-16-10-17(26-19-7-8-25-21(24)27-19)11-18(20(16)23)15-6-5-13-3-1-2-4-14(13)9-15;1-2/h1-12,22H,23H2,(H3,24,25,26,27);1-2H3. The summed E-state index contributed by atoms with van der Waals surface area (Å²) in [6.45, 7) is 4.00. The lowest BCUT2D eigenvalue weighted by Crippen LogP contribution is -2.02. The molecule has 29 heavy (non-hydrogen) atoms. The molecule has 4 aromatic rings. The van der Waals surface area contributed by atoms with Crippen LogP contribution >= 0.6 is 0 Å². The van der Waals surface area contributed by atoms with Crippen LogP contribution in [0.4, 0.5) is 23.1 Å². The Kier molecular flexibility index (Phi) is 6.04. The molecule has 0 fully saturated rings. The third-order valence-electron chi connectivity index (χ3n) is 4.37. The minimum absolute atomic E-state index is 0.192. The van der Waals surface area contributed by atoms with Crippen molar-refractivity contribution in [3.63, 3.8) is 0 Å². The average molecular weight is 384 g/mol. The largest absolute Gasteiger partial charge is 0.398 e. The molecule has 0 aliphatic rings. The van der Waals surface area contributed by atoms with Crippen LogP contribution in [0.25, 0.3) is 21.9 Å². The van der Waals surface area contributed by atoms with Crippen molar-refractivity contribution in [1.82, 2.24) is 9.97 Å². The van der Waals surface area contributed by atoms with Crippen molar-refractivity contribution >= 4 is 40.1 Å². The number of hydrogen-bond donors (Lipinski definition) is 4. The van der Waals surface area contributed by atoms with Crippen LogP contribution in [0.15, 0.2) is 66.9 Å². The molecule has 6 N–H and O–H groups in total. The molecule has 1 heterocycles. The van der Waals surface area contributed by atoms with E-state index in [-0.39, 0.29) is 5.95 Å². The number of fused-ring (bicyclic) bond motifs is 1. The molecule has 6 nitrogen and oxygen atoms in total. The number of hydrogen-bond acceptors (Lipinski definition) is 6. The summed E-state index contributed by atoms with van der Waals surface area (Å²) in [4.78, 5) is 8.05. The highest BCUT2D eigenvalue weighted by Gasteiger charge is 2.10. The molecule has 4 rings (SSSR count). The molecule has 0 aliphatic carbocycles. The Hall–Kier alpha value is -3.93. The summed E-state index contributed by atoms with van der Waals surface area (Å²) in [6, 6.07) is 19.9. The number of nitrogens with two attached hydrogens (primary N) is 2. The van der Waals surface area contributed by atoms with Gasteiger partial charge in [-0.05, 0) is 40.6 Å². The topological polar surface area (TPSA) is 114 Å². The maximum atomic E-state index is 7.71.